The van der Waals surface area contributed by atoms with Gasteiger partial charge in [0.25, 0.3) is 0 Å². The molecule has 0 aliphatic heterocycles. The van der Waals surface area contributed by atoms with Gasteiger partial charge in [-0.2, -0.15) is 5.10 Å². The van der Waals surface area contributed by atoms with Crippen LogP contribution >= 0.6 is 11.3 Å². The lowest BCUT2D eigenvalue weighted by Gasteiger charge is -2.04. The molecule has 6 nitrogen and oxygen atoms in total. The summed E-state index contributed by atoms with van der Waals surface area (Å²) in [4.78, 5) is 17.2. The van der Waals surface area contributed by atoms with E-state index in [0.717, 1.165) is 22.0 Å². The Labute approximate surface area is 138 Å². The Kier molecular flexibility index (Phi) is 4.68. The van der Waals surface area contributed by atoms with Crippen LogP contribution in [0.25, 0.3) is 11.4 Å². The molecule has 118 valence electrons. The molecular weight excluding hydrogens is 310 g/mol. The van der Waals surface area contributed by atoms with Gasteiger partial charge < -0.3 is 10.6 Å². The predicted octanol–water partition coefficient (Wildman–Crippen LogP) is 2.54. The molecule has 0 saturated carbocycles. The number of hydrogen-bond donors (Lipinski definition) is 2. The first-order valence-electron chi connectivity index (χ1n) is 7.21. The van der Waals surface area contributed by atoms with Gasteiger partial charge in [0, 0.05) is 18.1 Å². The number of urea groups is 1. The fourth-order valence-electron chi connectivity index (χ4n) is 2.18. The molecule has 2 amide bonds. The number of carbonyl (C=O) groups excluding carboxylic acids is 1. The highest BCUT2D eigenvalue weighted by atomic mass is 32.1. The Bertz CT molecular complexity index is 767. The normalized spacial score (nSPS) is 10.5. The molecule has 0 spiro atoms. The number of amides is 2. The Hall–Kier alpha value is -2.67. The molecular formula is C16H17N5OS. The monoisotopic (exact) mass is 327 g/mol. The van der Waals surface area contributed by atoms with E-state index in [1.165, 1.54) is 0 Å². The summed E-state index contributed by atoms with van der Waals surface area (Å²) in [6.45, 7) is 0.905. The Balaban J connectivity index is 1.55. The fourth-order valence-corrected chi connectivity index (χ4v) is 2.83. The number of aromatic nitrogens is 3. The number of rotatable bonds is 5. The topological polar surface area (TPSA) is 71.8 Å². The van der Waals surface area contributed by atoms with E-state index in [2.05, 4.69) is 20.7 Å². The van der Waals surface area contributed by atoms with Gasteiger partial charge in [0.15, 0.2) is 0 Å². The van der Waals surface area contributed by atoms with Crippen molar-refractivity contribution < 1.29 is 4.79 Å². The zero-order chi connectivity index (χ0) is 16.1. The summed E-state index contributed by atoms with van der Waals surface area (Å²) in [5, 5.41) is 12.0. The van der Waals surface area contributed by atoms with Crippen LogP contribution in [0.5, 0.6) is 0 Å². The summed E-state index contributed by atoms with van der Waals surface area (Å²) in [6, 6.07) is 11.4. The third kappa shape index (κ3) is 3.95. The van der Waals surface area contributed by atoms with E-state index < -0.39 is 0 Å². The van der Waals surface area contributed by atoms with Gasteiger partial charge in [0.2, 0.25) is 0 Å². The highest BCUT2D eigenvalue weighted by Crippen LogP contribution is 2.16. The highest BCUT2D eigenvalue weighted by molar-refractivity contribution is 7.09. The van der Waals surface area contributed by atoms with Crippen LogP contribution < -0.4 is 10.6 Å². The molecule has 23 heavy (non-hydrogen) atoms. The molecule has 0 aliphatic rings. The zero-order valence-electron chi connectivity index (χ0n) is 12.7. The van der Waals surface area contributed by atoms with Gasteiger partial charge in [-0.05, 0) is 29.6 Å². The number of nitrogens with one attached hydrogen (secondary N) is 2. The molecule has 0 aliphatic carbocycles. The average Bonchev–Trinajstić information content (AvgIpc) is 3.21. The van der Waals surface area contributed by atoms with Crippen LogP contribution in [-0.2, 0) is 20.1 Å². The summed E-state index contributed by atoms with van der Waals surface area (Å²) in [5.74, 6) is 0. The summed E-state index contributed by atoms with van der Waals surface area (Å²) in [5.41, 5.74) is 2.57. The lowest BCUT2D eigenvalue weighted by molar-refractivity contribution is 0.240. The molecule has 0 atom stereocenters. The maximum absolute atomic E-state index is 11.8. The summed E-state index contributed by atoms with van der Waals surface area (Å²) >= 11 is 1.62. The second-order valence-corrected chi connectivity index (χ2v) is 6.01. The number of nitrogens with zero attached hydrogens (tertiary/aromatic N) is 3. The third-order valence-electron chi connectivity index (χ3n) is 3.29. The molecule has 3 aromatic heterocycles. The van der Waals surface area contributed by atoms with Gasteiger partial charge in [-0.25, -0.2) is 4.79 Å². The molecule has 7 heteroatoms. The van der Waals surface area contributed by atoms with Gasteiger partial charge in [0.05, 0.1) is 30.2 Å². The molecule has 0 aromatic carbocycles. The standard InChI is InChI=1S/C16H17N5OS/c1-21-15(14-6-2-3-7-17-14)9-12(20-21)10-18-16(22)19-11-13-5-4-8-23-13/h2-9H,10-11H2,1H3,(H2,18,19,22). The number of aryl methyl sites for hydroxylation is 1. The van der Waals surface area contributed by atoms with Crippen molar-refractivity contribution in [3.8, 4) is 11.4 Å². The summed E-state index contributed by atoms with van der Waals surface area (Å²) < 4.78 is 1.77. The maximum Gasteiger partial charge on any atom is 0.315 e. The van der Waals surface area contributed by atoms with E-state index in [1.54, 1.807) is 22.2 Å². The minimum absolute atomic E-state index is 0.205. The van der Waals surface area contributed by atoms with Gasteiger partial charge in [-0.15, -0.1) is 11.3 Å². The second kappa shape index (κ2) is 7.06. The number of hydrogen-bond acceptors (Lipinski definition) is 4. The highest BCUT2D eigenvalue weighted by Gasteiger charge is 2.09. The summed E-state index contributed by atoms with van der Waals surface area (Å²) in [7, 11) is 1.87. The Morgan fingerprint density at radius 3 is 2.83 bits per heavy atom. The number of pyridine rings is 1. The van der Waals surface area contributed by atoms with Crippen molar-refractivity contribution in [2.24, 2.45) is 7.05 Å². The van der Waals surface area contributed by atoms with Crippen molar-refractivity contribution in [3.63, 3.8) is 0 Å². The van der Waals surface area contributed by atoms with Crippen LogP contribution in [0, 0.1) is 0 Å². The van der Waals surface area contributed by atoms with Gasteiger partial charge in [0.1, 0.15) is 0 Å². The van der Waals surface area contributed by atoms with Crippen molar-refractivity contribution in [1.82, 2.24) is 25.4 Å². The molecule has 3 heterocycles. The molecule has 0 unspecified atom stereocenters. The Morgan fingerprint density at radius 2 is 2.09 bits per heavy atom. The zero-order valence-corrected chi connectivity index (χ0v) is 13.5. The van der Waals surface area contributed by atoms with Crippen molar-refractivity contribution in [2.45, 2.75) is 13.1 Å². The van der Waals surface area contributed by atoms with Crippen molar-refractivity contribution in [3.05, 3.63) is 58.5 Å². The van der Waals surface area contributed by atoms with E-state index in [4.69, 9.17) is 0 Å². The smallest absolute Gasteiger partial charge is 0.315 e. The van der Waals surface area contributed by atoms with E-state index in [-0.39, 0.29) is 6.03 Å². The van der Waals surface area contributed by atoms with Crippen LogP contribution in [0.3, 0.4) is 0 Å². The molecule has 3 rings (SSSR count). The van der Waals surface area contributed by atoms with E-state index >= 15 is 0 Å². The van der Waals surface area contributed by atoms with E-state index in [0.29, 0.717) is 13.1 Å². The van der Waals surface area contributed by atoms with Gasteiger partial charge in [-0.3, -0.25) is 9.67 Å². The molecule has 0 saturated heterocycles. The van der Waals surface area contributed by atoms with Crippen molar-refractivity contribution in [2.75, 3.05) is 0 Å². The number of thiophene rings is 1. The minimum Gasteiger partial charge on any atom is -0.333 e. The van der Waals surface area contributed by atoms with Gasteiger partial charge in [-0.1, -0.05) is 12.1 Å². The predicted molar refractivity (Wildman–Crippen MR) is 89.8 cm³/mol. The fraction of sp³-hybridized carbons (Fsp3) is 0.188. The van der Waals surface area contributed by atoms with Crippen LogP contribution in [0.1, 0.15) is 10.6 Å². The maximum atomic E-state index is 11.8. The molecule has 0 bridgehead atoms. The summed E-state index contributed by atoms with van der Waals surface area (Å²) in [6.07, 6.45) is 1.75. The largest absolute Gasteiger partial charge is 0.333 e. The third-order valence-corrected chi connectivity index (χ3v) is 4.17. The van der Waals surface area contributed by atoms with Gasteiger partial charge >= 0.3 is 6.03 Å². The minimum atomic E-state index is -0.205. The SMILES string of the molecule is Cn1nc(CNC(=O)NCc2cccs2)cc1-c1ccccn1. The second-order valence-electron chi connectivity index (χ2n) is 4.98. The molecule has 2 N–H and O–H groups in total. The molecule has 3 aromatic rings. The quantitative estimate of drug-likeness (QED) is 0.756. The van der Waals surface area contributed by atoms with Crippen LogP contribution in [0.2, 0.25) is 0 Å². The van der Waals surface area contributed by atoms with E-state index in [9.17, 15) is 4.79 Å². The average molecular weight is 327 g/mol. The lowest BCUT2D eigenvalue weighted by Crippen LogP contribution is -2.34. The van der Waals surface area contributed by atoms with Crippen LogP contribution in [0.4, 0.5) is 4.79 Å². The first-order chi connectivity index (χ1) is 11.2. The van der Waals surface area contributed by atoms with Crippen molar-refractivity contribution in [1.29, 1.82) is 0 Å². The van der Waals surface area contributed by atoms with Crippen molar-refractivity contribution >= 4 is 17.4 Å². The van der Waals surface area contributed by atoms with Crippen LogP contribution in [0.15, 0.2) is 48.0 Å². The van der Waals surface area contributed by atoms with Crippen LogP contribution in [-0.4, -0.2) is 20.8 Å². The first kappa shape index (κ1) is 15.2. The Morgan fingerprint density at radius 1 is 1.22 bits per heavy atom. The number of carbonyl (C=O) groups is 1. The molecule has 0 fully saturated rings. The van der Waals surface area contributed by atoms with E-state index in [1.807, 2.05) is 48.8 Å². The molecule has 0 radical (unpaired) electrons. The first-order valence-corrected chi connectivity index (χ1v) is 8.09. The lowest BCUT2D eigenvalue weighted by atomic mass is 10.2.